The zero-order chi connectivity index (χ0) is 15.7. The summed E-state index contributed by atoms with van der Waals surface area (Å²) in [6, 6.07) is 3.38. The quantitative estimate of drug-likeness (QED) is 0.569. The van der Waals surface area contributed by atoms with Crippen LogP contribution in [0.15, 0.2) is 24.4 Å². The molecule has 0 aromatic carbocycles. The molecular formula is C15H20N2O3S. The van der Waals surface area contributed by atoms with E-state index in [9.17, 15) is 9.59 Å². The number of pyridine rings is 1. The maximum Gasteiger partial charge on any atom is 0.328 e. The smallest absolute Gasteiger partial charge is 0.328 e. The predicted molar refractivity (Wildman–Crippen MR) is 85.5 cm³/mol. The minimum absolute atomic E-state index is 0.0508. The van der Waals surface area contributed by atoms with Gasteiger partial charge in [0.15, 0.2) is 0 Å². The van der Waals surface area contributed by atoms with Gasteiger partial charge in [0.2, 0.25) is 0 Å². The van der Waals surface area contributed by atoms with Gasteiger partial charge in [0.05, 0.1) is 0 Å². The van der Waals surface area contributed by atoms with E-state index in [0.717, 1.165) is 24.0 Å². The van der Waals surface area contributed by atoms with E-state index in [1.807, 2.05) is 18.7 Å². The Morgan fingerprint density at radius 1 is 1.52 bits per heavy atom. The van der Waals surface area contributed by atoms with Crippen LogP contribution in [0.4, 0.5) is 0 Å². The number of rotatable bonds is 8. The minimum Gasteiger partial charge on any atom is -0.478 e. The molecule has 1 aromatic rings. The first kappa shape index (κ1) is 17.2. The third-order valence-corrected chi connectivity index (χ3v) is 3.67. The second-order valence-electron chi connectivity index (χ2n) is 4.47. The lowest BCUT2D eigenvalue weighted by molar-refractivity contribution is -0.131. The van der Waals surface area contributed by atoms with Gasteiger partial charge in [-0.05, 0) is 37.0 Å². The summed E-state index contributed by atoms with van der Waals surface area (Å²) in [5, 5.41) is 11.5. The number of amides is 1. The third-order valence-electron chi connectivity index (χ3n) is 2.74. The predicted octanol–water partition coefficient (Wildman–Crippen LogP) is 2.44. The molecule has 1 atom stereocenters. The van der Waals surface area contributed by atoms with E-state index >= 15 is 0 Å². The zero-order valence-corrected chi connectivity index (χ0v) is 13.0. The number of nitrogens with zero attached hydrogens (tertiary/aromatic N) is 1. The Hall–Kier alpha value is -1.82. The van der Waals surface area contributed by atoms with Gasteiger partial charge in [-0.1, -0.05) is 13.0 Å². The molecule has 0 aliphatic carbocycles. The van der Waals surface area contributed by atoms with Crippen molar-refractivity contribution in [2.75, 3.05) is 11.5 Å². The molecule has 1 unspecified atom stereocenters. The highest BCUT2D eigenvalue weighted by Crippen LogP contribution is 2.09. The molecule has 0 fully saturated rings. The van der Waals surface area contributed by atoms with Crippen LogP contribution in [0.1, 0.15) is 36.3 Å². The van der Waals surface area contributed by atoms with Crippen LogP contribution in [0.25, 0.3) is 6.08 Å². The van der Waals surface area contributed by atoms with E-state index in [1.165, 1.54) is 12.3 Å². The third kappa shape index (κ3) is 6.44. The number of carbonyl (C=O) groups excluding carboxylic acids is 1. The van der Waals surface area contributed by atoms with E-state index in [0.29, 0.717) is 5.56 Å². The summed E-state index contributed by atoms with van der Waals surface area (Å²) in [6.07, 6.45) is 4.78. The normalized spacial score (nSPS) is 12.3. The number of carbonyl (C=O) groups is 2. The Morgan fingerprint density at radius 2 is 2.29 bits per heavy atom. The molecule has 1 rings (SSSR count). The van der Waals surface area contributed by atoms with Crippen LogP contribution in [0.2, 0.25) is 0 Å². The molecule has 6 heteroatoms. The number of hydrogen-bond acceptors (Lipinski definition) is 4. The molecule has 21 heavy (non-hydrogen) atoms. The molecule has 0 bridgehead atoms. The summed E-state index contributed by atoms with van der Waals surface area (Å²) in [6.45, 7) is 4.05. The lowest BCUT2D eigenvalue weighted by Crippen LogP contribution is -2.34. The number of hydrogen-bond donors (Lipinski definition) is 2. The van der Waals surface area contributed by atoms with E-state index in [4.69, 9.17) is 5.11 Å². The molecule has 0 saturated heterocycles. The Kier molecular flexibility index (Phi) is 7.53. The largest absolute Gasteiger partial charge is 0.478 e. The van der Waals surface area contributed by atoms with Crippen LogP contribution in [0.3, 0.4) is 0 Å². The average Bonchev–Trinajstić information content (AvgIpc) is 2.45. The highest BCUT2D eigenvalue weighted by atomic mass is 32.2. The number of carboxylic acids is 1. The lowest BCUT2D eigenvalue weighted by Gasteiger charge is -2.14. The van der Waals surface area contributed by atoms with E-state index in [-0.39, 0.29) is 17.6 Å². The Labute approximate surface area is 128 Å². The topological polar surface area (TPSA) is 79.3 Å². The molecule has 5 nitrogen and oxygen atoms in total. The second kappa shape index (κ2) is 9.18. The van der Waals surface area contributed by atoms with Gasteiger partial charge < -0.3 is 10.4 Å². The summed E-state index contributed by atoms with van der Waals surface area (Å²) in [5.41, 5.74) is 0.734. The van der Waals surface area contributed by atoms with E-state index in [2.05, 4.69) is 17.2 Å². The van der Waals surface area contributed by atoms with Crippen molar-refractivity contribution in [2.45, 2.75) is 26.3 Å². The summed E-state index contributed by atoms with van der Waals surface area (Å²) < 4.78 is 0. The van der Waals surface area contributed by atoms with Crippen molar-refractivity contribution in [1.29, 1.82) is 0 Å². The highest BCUT2D eigenvalue weighted by Gasteiger charge is 2.13. The highest BCUT2D eigenvalue weighted by molar-refractivity contribution is 7.99. The van der Waals surface area contributed by atoms with Crippen molar-refractivity contribution >= 4 is 29.7 Å². The molecule has 0 saturated carbocycles. The van der Waals surface area contributed by atoms with Gasteiger partial charge in [-0.15, -0.1) is 0 Å². The number of nitrogens with one attached hydrogen (secondary N) is 1. The van der Waals surface area contributed by atoms with Gasteiger partial charge in [0, 0.05) is 23.9 Å². The van der Waals surface area contributed by atoms with Crippen LogP contribution in [-0.4, -0.2) is 39.5 Å². The van der Waals surface area contributed by atoms with Gasteiger partial charge in [-0.2, -0.15) is 11.8 Å². The van der Waals surface area contributed by atoms with Crippen LogP contribution < -0.4 is 5.32 Å². The van der Waals surface area contributed by atoms with Gasteiger partial charge >= 0.3 is 5.97 Å². The number of carboxylic acid groups (broad SMARTS) is 1. The standard InChI is InChI=1S/C15H20N2O3S/c1-3-21-10-8-11(2)17-15(20)14-12(5-4-9-16-14)6-7-13(18)19/h4-7,9,11H,3,8,10H2,1-2H3,(H,17,20)(H,18,19)/b7-6+. The fraction of sp³-hybridized carbons (Fsp3) is 0.400. The fourth-order valence-electron chi connectivity index (χ4n) is 1.67. The molecule has 1 heterocycles. The monoisotopic (exact) mass is 308 g/mol. The SMILES string of the molecule is CCSCCC(C)NC(=O)c1ncccc1/C=C/C(=O)O. The molecule has 114 valence electrons. The van der Waals surface area contributed by atoms with Crippen molar-refractivity contribution in [3.63, 3.8) is 0 Å². The van der Waals surface area contributed by atoms with Gasteiger partial charge in [-0.3, -0.25) is 9.78 Å². The molecule has 0 spiro atoms. The van der Waals surface area contributed by atoms with Gasteiger partial charge in [0.1, 0.15) is 5.69 Å². The van der Waals surface area contributed by atoms with E-state index < -0.39 is 5.97 Å². The molecule has 0 aliphatic heterocycles. The number of aromatic nitrogens is 1. The molecule has 2 N–H and O–H groups in total. The first-order valence-electron chi connectivity index (χ1n) is 6.79. The van der Waals surface area contributed by atoms with E-state index in [1.54, 1.807) is 12.1 Å². The fourth-order valence-corrected chi connectivity index (χ4v) is 2.48. The molecular weight excluding hydrogens is 288 g/mol. The molecule has 0 aliphatic rings. The molecule has 1 aromatic heterocycles. The number of aliphatic carboxylic acids is 1. The zero-order valence-electron chi connectivity index (χ0n) is 12.2. The summed E-state index contributed by atoms with van der Waals surface area (Å²) >= 11 is 1.83. The van der Waals surface area contributed by atoms with Gasteiger partial charge in [0.25, 0.3) is 5.91 Å². The second-order valence-corrected chi connectivity index (χ2v) is 5.87. The average molecular weight is 308 g/mol. The Bertz CT molecular complexity index is 517. The lowest BCUT2D eigenvalue weighted by atomic mass is 10.1. The number of thioether (sulfide) groups is 1. The minimum atomic E-state index is -1.06. The summed E-state index contributed by atoms with van der Waals surface area (Å²) in [5.74, 6) is 0.710. The van der Waals surface area contributed by atoms with Crippen molar-refractivity contribution in [2.24, 2.45) is 0 Å². The Morgan fingerprint density at radius 3 is 2.95 bits per heavy atom. The van der Waals surface area contributed by atoms with Crippen LogP contribution in [0.5, 0.6) is 0 Å². The van der Waals surface area contributed by atoms with Crippen molar-refractivity contribution < 1.29 is 14.7 Å². The summed E-state index contributed by atoms with van der Waals surface area (Å²) in [7, 11) is 0. The maximum absolute atomic E-state index is 12.2. The van der Waals surface area contributed by atoms with Crippen LogP contribution in [-0.2, 0) is 4.79 Å². The first-order valence-corrected chi connectivity index (χ1v) is 7.94. The van der Waals surface area contributed by atoms with Crippen molar-refractivity contribution in [1.82, 2.24) is 10.3 Å². The maximum atomic E-state index is 12.2. The van der Waals surface area contributed by atoms with Gasteiger partial charge in [-0.25, -0.2) is 4.79 Å². The van der Waals surface area contributed by atoms with Crippen LogP contribution in [0, 0.1) is 0 Å². The van der Waals surface area contributed by atoms with Crippen LogP contribution >= 0.6 is 11.8 Å². The molecule has 1 amide bonds. The van der Waals surface area contributed by atoms with Crippen molar-refractivity contribution in [3.05, 3.63) is 35.7 Å². The molecule has 0 radical (unpaired) electrons. The van der Waals surface area contributed by atoms with Crippen molar-refractivity contribution in [3.8, 4) is 0 Å². The first-order chi connectivity index (χ1) is 10.0. The Balaban J connectivity index is 2.71. The summed E-state index contributed by atoms with van der Waals surface area (Å²) in [4.78, 5) is 26.8.